The van der Waals surface area contributed by atoms with Crippen molar-refractivity contribution in [3.63, 3.8) is 0 Å². The van der Waals surface area contributed by atoms with Gasteiger partial charge in [0.05, 0.1) is 5.88 Å². The highest BCUT2D eigenvalue weighted by atomic mass is 35.5. The third-order valence-electron chi connectivity index (χ3n) is 1.87. The number of fused-ring (bicyclic) bond motifs is 1. The Hall–Kier alpha value is -0.670. The molecule has 0 nitrogen and oxygen atoms in total. The third kappa shape index (κ3) is 1.32. The first-order valence-corrected chi connectivity index (χ1v) is 5.05. The first-order chi connectivity index (χ1) is 6.24. The van der Waals surface area contributed by atoms with E-state index in [1.165, 1.54) is 28.8 Å². The van der Waals surface area contributed by atoms with Crippen molar-refractivity contribution in [3.05, 3.63) is 34.7 Å². The number of alkyl halides is 1. The number of thiophene rings is 1. The summed E-state index contributed by atoms with van der Waals surface area (Å²) in [7, 11) is 0. The topological polar surface area (TPSA) is 0 Å². The van der Waals surface area contributed by atoms with Crippen LogP contribution < -0.4 is 0 Å². The van der Waals surface area contributed by atoms with Gasteiger partial charge < -0.3 is 0 Å². The summed E-state index contributed by atoms with van der Waals surface area (Å²) in [6.07, 6.45) is 0. The van der Waals surface area contributed by atoms with Gasteiger partial charge in [0.2, 0.25) is 0 Å². The Kier molecular flexibility index (Phi) is 2.22. The molecular weight excluding hydrogens is 214 g/mol. The van der Waals surface area contributed by atoms with Gasteiger partial charge in [0.15, 0.2) is 0 Å². The summed E-state index contributed by atoms with van der Waals surface area (Å²) in [6.45, 7) is 0. The van der Waals surface area contributed by atoms with Crippen LogP contribution in [0.1, 0.15) is 5.56 Å². The van der Waals surface area contributed by atoms with Crippen molar-refractivity contribution >= 4 is 33.0 Å². The van der Waals surface area contributed by atoms with E-state index in [0.717, 1.165) is 0 Å². The summed E-state index contributed by atoms with van der Waals surface area (Å²) in [5.41, 5.74) is 0.382. The van der Waals surface area contributed by atoms with Gasteiger partial charge in [-0.1, -0.05) is 0 Å². The maximum absolute atomic E-state index is 13.1. The number of benzene rings is 1. The maximum Gasteiger partial charge on any atom is 0.141 e. The average Bonchev–Trinajstić information content (AvgIpc) is 2.48. The minimum Gasteiger partial charge on any atom is -0.207 e. The van der Waals surface area contributed by atoms with Crippen LogP contribution in [-0.4, -0.2) is 0 Å². The highest BCUT2D eigenvalue weighted by Crippen LogP contribution is 2.30. The van der Waals surface area contributed by atoms with Crippen LogP contribution in [0.15, 0.2) is 17.5 Å². The summed E-state index contributed by atoms with van der Waals surface area (Å²) in [5, 5.41) is 1.81. The van der Waals surface area contributed by atoms with Crippen LogP contribution in [0, 0.1) is 11.6 Å². The molecule has 0 bridgehead atoms. The Morgan fingerprint density at radius 3 is 2.69 bits per heavy atom. The van der Waals surface area contributed by atoms with Crippen LogP contribution in [0.4, 0.5) is 8.78 Å². The van der Waals surface area contributed by atoms with Crippen LogP contribution in [0.25, 0.3) is 10.1 Å². The zero-order valence-electron chi connectivity index (χ0n) is 6.48. The van der Waals surface area contributed by atoms with Crippen molar-refractivity contribution in [3.8, 4) is 0 Å². The summed E-state index contributed by atoms with van der Waals surface area (Å²) in [5.74, 6) is -0.612. The lowest BCUT2D eigenvalue weighted by Gasteiger charge is -1.99. The molecule has 1 aromatic heterocycles. The lowest BCUT2D eigenvalue weighted by Crippen LogP contribution is -1.85. The van der Waals surface area contributed by atoms with Gasteiger partial charge in [0, 0.05) is 21.0 Å². The van der Waals surface area contributed by atoms with Crippen molar-refractivity contribution in [2.45, 2.75) is 5.88 Å². The standard InChI is InChI=1S/C9H5ClF2S/c10-3-6-7(11)2-1-5-8(12)4-13-9(5)6/h1-2,4H,3H2. The summed E-state index contributed by atoms with van der Waals surface area (Å²) >= 11 is 6.74. The number of halogens is 3. The minimum absolute atomic E-state index is 0.0725. The molecule has 0 N–H and O–H groups in total. The highest BCUT2D eigenvalue weighted by Gasteiger charge is 2.10. The molecule has 0 aliphatic carbocycles. The van der Waals surface area contributed by atoms with Gasteiger partial charge in [0.25, 0.3) is 0 Å². The smallest absolute Gasteiger partial charge is 0.141 e. The average molecular weight is 219 g/mol. The molecule has 13 heavy (non-hydrogen) atoms. The monoisotopic (exact) mass is 218 g/mol. The largest absolute Gasteiger partial charge is 0.207 e. The first-order valence-electron chi connectivity index (χ1n) is 3.64. The first kappa shape index (κ1) is 8.91. The molecule has 1 aromatic carbocycles. The normalized spacial score (nSPS) is 11.0. The fourth-order valence-corrected chi connectivity index (χ4v) is 2.52. The number of rotatable bonds is 1. The SMILES string of the molecule is Fc1ccc2c(F)csc2c1CCl. The van der Waals surface area contributed by atoms with E-state index in [9.17, 15) is 8.78 Å². The van der Waals surface area contributed by atoms with E-state index in [2.05, 4.69) is 0 Å². The maximum atomic E-state index is 13.1. The van der Waals surface area contributed by atoms with Crippen LogP contribution in [0.3, 0.4) is 0 Å². The summed E-state index contributed by atoms with van der Waals surface area (Å²) in [6, 6.07) is 2.68. The number of hydrogen-bond donors (Lipinski definition) is 0. The van der Waals surface area contributed by atoms with E-state index in [1.54, 1.807) is 0 Å². The molecule has 0 atom stereocenters. The van der Waals surface area contributed by atoms with Gasteiger partial charge >= 0.3 is 0 Å². The van der Waals surface area contributed by atoms with E-state index < -0.39 is 0 Å². The fraction of sp³-hybridized carbons (Fsp3) is 0.111. The Bertz CT molecular complexity index is 450. The Labute approximate surface area is 82.8 Å². The summed E-state index contributed by atoms with van der Waals surface area (Å²) < 4.78 is 26.8. The summed E-state index contributed by atoms with van der Waals surface area (Å²) in [4.78, 5) is 0. The van der Waals surface area contributed by atoms with E-state index in [0.29, 0.717) is 15.6 Å². The van der Waals surface area contributed by atoms with Gasteiger partial charge in [-0.25, -0.2) is 8.78 Å². The number of hydrogen-bond acceptors (Lipinski definition) is 1. The Morgan fingerprint density at radius 1 is 1.23 bits per heavy atom. The van der Waals surface area contributed by atoms with E-state index in [4.69, 9.17) is 11.6 Å². The van der Waals surface area contributed by atoms with E-state index in [1.807, 2.05) is 0 Å². The fourth-order valence-electron chi connectivity index (χ4n) is 1.23. The lowest BCUT2D eigenvalue weighted by atomic mass is 10.2. The molecule has 0 amide bonds. The molecule has 68 valence electrons. The zero-order chi connectivity index (χ0) is 9.42. The van der Waals surface area contributed by atoms with Gasteiger partial charge in [-0.3, -0.25) is 0 Å². The van der Waals surface area contributed by atoms with Gasteiger partial charge in [-0.2, -0.15) is 0 Å². The second-order valence-corrected chi connectivity index (χ2v) is 3.77. The van der Waals surface area contributed by atoms with E-state index >= 15 is 0 Å². The molecule has 0 spiro atoms. The predicted molar refractivity (Wildman–Crippen MR) is 51.3 cm³/mol. The molecule has 2 rings (SSSR count). The van der Waals surface area contributed by atoms with Gasteiger partial charge in [-0.05, 0) is 12.1 Å². The second kappa shape index (κ2) is 3.24. The molecule has 0 radical (unpaired) electrons. The molecule has 0 aliphatic rings. The highest BCUT2D eigenvalue weighted by molar-refractivity contribution is 7.17. The minimum atomic E-state index is -0.371. The van der Waals surface area contributed by atoms with Crippen molar-refractivity contribution in [1.82, 2.24) is 0 Å². The second-order valence-electron chi connectivity index (χ2n) is 2.62. The van der Waals surface area contributed by atoms with Crippen molar-refractivity contribution in [1.29, 1.82) is 0 Å². The molecule has 0 saturated heterocycles. The van der Waals surface area contributed by atoms with E-state index in [-0.39, 0.29) is 17.5 Å². The predicted octanol–water partition coefficient (Wildman–Crippen LogP) is 3.92. The van der Waals surface area contributed by atoms with Gasteiger partial charge in [0.1, 0.15) is 11.6 Å². The Morgan fingerprint density at radius 2 is 2.00 bits per heavy atom. The Balaban J connectivity index is 2.85. The molecular formula is C9H5ClF2S. The van der Waals surface area contributed by atoms with Crippen LogP contribution >= 0.6 is 22.9 Å². The molecule has 2 aromatic rings. The van der Waals surface area contributed by atoms with Gasteiger partial charge in [-0.15, -0.1) is 22.9 Å². The van der Waals surface area contributed by atoms with Crippen LogP contribution in [0.5, 0.6) is 0 Å². The molecule has 0 fully saturated rings. The molecule has 0 saturated carbocycles. The molecule has 1 heterocycles. The third-order valence-corrected chi connectivity index (χ3v) is 3.17. The van der Waals surface area contributed by atoms with Crippen molar-refractivity contribution in [2.75, 3.05) is 0 Å². The van der Waals surface area contributed by atoms with Crippen molar-refractivity contribution in [2.24, 2.45) is 0 Å². The van der Waals surface area contributed by atoms with Crippen LogP contribution in [-0.2, 0) is 5.88 Å². The zero-order valence-corrected chi connectivity index (χ0v) is 8.05. The molecule has 0 aliphatic heterocycles. The van der Waals surface area contributed by atoms with Crippen molar-refractivity contribution < 1.29 is 8.78 Å². The van der Waals surface area contributed by atoms with Crippen LogP contribution in [0.2, 0.25) is 0 Å². The quantitative estimate of drug-likeness (QED) is 0.637. The molecule has 0 unspecified atom stereocenters. The lowest BCUT2D eigenvalue weighted by molar-refractivity contribution is 0.618. The molecule has 4 heteroatoms.